The van der Waals surface area contributed by atoms with Crippen molar-refractivity contribution < 1.29 is 9.13 Å². The number of hydrogen-bond acceptors (Lipinski definition) is 4. The Hall–Kier alpha value is -1.82. The molecule has 0 amide bonds. The molecule has 3 N–H and O–H groups in total. The van der Waals surface area contributed by atoms with Crippen LogP contribution < -0.4 is 15.8 Å². The fourth-order valence-corrected chi connectivity index (χ4v) is 2.64. The summed E-state index contributed by atoms with van der Waals surface area (Å²) in [5, 5.41) is 2.91. The molecule has 4 nitrogen and oxygen atoms in total. The number of nitrogens with one attached hydrogen (secondary N) is 1. The van der Waals surface area contributed by atoms with Gasteiger partial charge in [-0.3, -0.25) is 5.32 Å². The molecule has 0 radical (unpaired) electrons. The van der Waals surface area contributed by atoms with Crippen molar-refractivity contribution in [2.45, 2.75) is 32.2 Å². The van der Waals surface area contributed by atoms with Crippen molar-refractivity contribution in [1.29, 1.82) is 0 Å². The maximum atomic E-state index is 14.4. The van der Waals surface area contributed by atoms with Crippen LogP contribution in [-0.4, -0.2) is 18.5 Å². The Morgan fingerprint density at radius 2 is 1.92 bits per heavy atom. The average molecular weight is 400 g/mol. The summed E-state index contributed by atoms with van der Waals surface area (Å²) in [6.07, 6.45) is 0.320. The van der Waals surface area contributed by atoms with E-state index in [2.05, 4.69) is 22.4 Å². The molecule has 1 heterocycles. The minimum atomic E-state index is -1.23. The number of nitrogens with zero attached hydrogens (tertiary/aromatic N) is 1. The van der Waals surface area contributed by atoms with Crippen LogP contribution in [0.5, 0.6) is 5.75 Å². The smallest absolute Gasteiger partial charge is 0.177 e. The molecular formula is C19H24Cl2FN3O. The third-order valence-corrected chi connectivity index (χ3v) is 4.05. The molecule has 0 saturated heterocycles. The van der Waals surface area contributed by atoms with Crippen molar-refractivity contribution in [3.05, 3.63) is 59.7 Å². The number of aliphatic imine (C=N–C) groups is 1. The first-order valence-electron chi connectivity index (χ1n) is 8.19. The summed E-state index contributed by atoms with van der Waals surface area (Å²) in [5.41, 5.74) is 8.16. The number of rotatable bonds is 6. The second-order valence-corrected chi connectivity index (χ2v) is 5.93. The normalized spacial score (nSPS) is 16.2. The molecule has 26 heavy (non-hydrogen) atoms. The van der Waals surface area contributed by atoms with Gasteiger partial charge in [0.15, 0.2) is 12.4 Å². The lowest BCUT2D eigenvalue weighted by Gasteiger charge is -2.22. The highest BCUT2D eigenvalue weighted by Crippen LogP contribution is 2.34. The van der Waals surface area contributed by atoms with Gasteiger partial charge in [0.1, 0.15) is 17.3 Å². The topological polar surface area (TPSA) is 59.6 Å². The Morgan fingerprint density at radius 1 is 1.19 bits per heavy atom. The van der Waals surface area contributed by atoms with Crippen LogP contribution in [-0.2, 0) is 6.42 Å². The molecule has 1 unspecified atom stereocenters. The van der Waals surface area contributed by atoms with E-state index in [-0.39, 0.29) is 30.9 Å². The summed E-state index contributed by atoms with van der Waals surface area (Å²) in [4.78, 5) is 4.28. The molecule has 0 fully saturated rings. The molecule has 0 spiro atoms. The van der Waals surface area contributed by atoms with Crippen molar-refractivity contribution in [3.8, 4) is 5.75 Å². The SMILES string of the molecule is C[C@@H]1Oc2ccc(C(F)NCCCc3ccccc3)cc2N=C1N.Cl.Cl. The zero-order valence-corrected chi connectivity index (χ0v) is 16.2. The predicted octanol–water partition coefficient (Wildman–Crippen LogP) is 4.49. The number of benzene rings is 2. The van der Waals surface area contributed by atoms with E-state index < -0.39 is 6.30 Å². The molecular weight excluding hydrogens is 376 g/mol. The van der Waals surface area contributed by atoms with Crippen LogP contribution in [0.15, 0.2) is 53.5 Å². The predicted molar refractivity (Wildman–Crippen MR) is 109 cm³/mol. The second kappa shape index (κ2) is 10.4. The molecule has 2 atom stereocenters. The number of alkyl halides is 1. The summed E-state index contributed by atoms with van der Waals surface area (Å²) >= 11 is 0. The molecule has 1 aliphatic rings. The van der Waals surface area contributed by atoms with Gasteiger partial charge in [0.05, 0.1) is 0 Å². The van der Waals surface area contributed by atoms with E-state index in [0.29, 0.717) is 29.4 Å². The number of nitrogens with two attached hydrogens (primary N) is 1. The van der Waals surface area contributed by atoms with Crippen molar-refractivity contribution in [3.63, 3.8) is 0 Å². The van der Waals surface area contributed by atoms with E-state index in [1.165, 1.54) is 5.56 Å². The highest BCUT2D eigenvalue weighted by atomic mass is 35.5. The number of halogens is 3. The molecule has 142 valence electrons. The first-order chi connectivity index (χ1) is 11.6. The average Bonchev–Trinajstić information content (AvgIpc) is 2.60. The van der Waals surface area contributed by atoms with E-state index in [1.807, 2.05) is 25.1 Å². The number of amidine groups is 1. The highest BCUT2D eigenvalue weighted by molar-refractivity contribution is 5.89. The van der Waals surface area contributed by atoms with Crippen LogP contribution in [0.4, 0.5) is 10.1 Å². The van der Waals surface area contributed by atoms with Gasteiger partial charge >= 0.3 is 0 Å². The molecule has 2 aromatic carbocycles. The van der Waals surface area contributed by atoms with Gasteiger partial charge in [-0.15, -0.1) is 24.8 Å². The fourth-order valence-electron chi connectivity index (χ4n) is 2.64. The number of aryl methyl sites for hydroxylation is 1. The molecule has 1 aliphatic heterocycles. The van der Waals surface area contributed by atoms with E-state index in [1.54, 1.807) is 18.2 Å². The minimum absolute atomic E-state index is 0. The first kappa shape index (κ1) is 22.2. The van der Waals surface area contributed by atoms with Gasteiger partial charge in [-0.2, -0.15) is 0 Å². The van der Waals surface area contributed by atoms with Crippen LogP contribution in [0.3, 0.4) is 0 Å². The Bertz CT molecular complexity index is 728. The second-order valence-electron chi connectivity index (χ2n) is 5.93. The van der Waals surface area contributed by atoms with Crippen LogP contribution in [0, 0.1) is 0 Å². The molecule has 0 aliphatic carbocycles. The van der Waals surface area contributed by atoms with Gasteiger partial charge in [-0.05, 0) is 44.0 Å². The van der Waals surface area contributed by atoms with Crippen molar-refractivity contribution >= 4 is 36.3 Å². The Balaban J connectivity index is 0.00000169. The van der Waals surface area contributed by atoms with E-state index in [9.17, 15) is 4.39 Å². The van der Waals surface area contributed by atoms with Crippen LogP contribution in [0.1, 0.15) is 30.8 Å². The van der Waals surface area contributed by atoms with Crippen LogP contribution >= 0.6 is 24.8 Å². The van der Waals surface area contributed by atoms with Gasteiger partial charge < -0.3 is 10.5 Å². The van der Waals surface area contributed by atoms with Gasteiger partial charge in [-0.25, -0.2) is 9.38 Å². The minimum Gasteiger partial charge on any atom is -0.481 e. The third-order valence-electron chi connectivity index (χ3n) is 4.05. The summed E-state index contributed by atoms with van der Waals surface area (Å²) in [6, 6.07) is 15.3. The Morgan fingerprint density at radius 3 is 2.65 bits per heavy atom. The van der Waals surface area contributed by atoms with E-state index >= 15 is 0 Å². The molecule has 0 bridgehead atoms. The maximum absolute atomic E-state index is 14.4. The van der Waals surface area contributed by atoms with Crippen molar-refractivity contribution in [2.75, 3.05) is 6.54 Å². The van der Waals surface area contributed by atoms with E-state index in [4.69, 9.17) is 10.5 Å². The third kappa shape index (κ3) is 5.59. The molecule has 0 saturated carbocycles. The zero-order valence-electron chi connectivity index (χ0n) is 14.5. The summed E-state index contributed by atoms with van der Waals surface area (Å²) in [7, 11) is 0. The van der Waals surface area contributed by atoms with Crippen LogP contribution in [0.2, 0.25) is 0 Å². The van der Waals surface area contributed by atoms with Crippen LogP contribution in [0.25, 0.3) is 0 Å². The van der Waals surface area contributed by atoms with Gasteiger partial charge in [-0.1, -0.05) is 36.4 Å². The molecule has 2 aromatic rings. The Kier molecular flexibility index (Phi) is 8.85. The van der Waals surface area contributed by atoms with Gasteiger partial charge in [0.2, 0.25) is 0 Å². The lowest BCUT2D eigenvalue weighted by Crippen LogP contribution is -2.33. The number of ether oxygens (including phenoxy) is 1. The highest BCUT2D eigenvalue weighted by Gasteiger charge is 2.20. The lowest BCUT2D eigenvalue weighted by molar-refractivity contribution is 0.274. The molecule has 0 aromatic heterocycles. The maximum Gasteiger partial charge on any atom is 0.177 e. The standard InChI is InChI=1S/C19H22FN3O.2ClH/c1-13-19(21)23-16-12-15(9-10-17(16)24-13)18(20)22-11-5-8-14-6-3-2-4-7-14;;/h2-4,6-7,9-10,12-13,18,22H,5,8,11H2,1H3,(H2,21,23);2*1H/t13-,18?;;/m0../s1. The van der Waals surface area contributed by atoms with Gasteiger partial charge in [0, 0.05) is 5.56 Å². The van der Waals surface area contributed by atoms with Crippen molar-refractivity contribution in [1.82, 2.24) is 5.32 Å². The summed E-state index contributed by atoms with van der Waals surface area (Å²) < 4.78 is 20.0. The number of hydrogen-bond donors (Lipinski definition) is 2. The van der Waals surface area contributed by atoms with E-state index in [0.717, 1.165) is 12.8 Å². The van der Waals surface area contributed by atoms with Gasteiger partial charge in [0.25, 0.3) is 0 Å². The number of fused-ring (bicyclic) bond motifs is 1. The molecule has 7 heteroatoms. The van der Waals surface area contributed by atoms with Crippen molar-refractivity contribution in [2.24, 2.45) is 10.7 Å². The fraction of sp³-hybridized carbons (Fsp3) is 0.316. The lowest BCUT2D eigenvalue weighted by atomic mass is 10.1. The first-order valence-corrected chi connectivity index (χ1v) is 8.19. The quantitative estimate of drug-likeness (QED) is 0.555. The monoisotopic (exact) mass is 399 g/mol. The largest absolute Gasteiger partial charge is 0.481 e. The Labute approximate surface area is 165 Å². The molecule has 3 rings (SSSR count). The zero-order chi connectivity index (χ0) is 16.9. The summed E-state index contributed by atoms with van der Waals surface area (Å²) in [6.45, 7) is 2.44. The summed E-state index contributed by atoms with van der Waals surface area (Å²) in [5.74, 6) is 1.04.